The number of aryl methyl sites for hydroxylation is 1. The first kappa shape index (κ1) is 79.8. The second-order valence-corrected chi connectivity index (χ2v) is 31.3. The minimum absolute atomic E-state index is 0.000247. The Morgan fingerprint density at radius 1 is 0.336 bits per heavy atom. The van der Waals surface area contributed by atoms with Gasteiger partial charge >= 0.3 is 0 Å². The lowest BCUT2D eigenvalue weighted by atomic mass is 9.97. The molecule has 5 aliphatic heterocycles. The molecule has 10 N–H and O–H groups in total. The highest BCUT2D eigenvalue weighted by Gasteiger charge is 2.30. The second kappa shape index (κ2) is 36.8. The van der Waals surface area contributed by atoms with E-state index in [9.17, 15) is 49.5 Å². The number of piperidine rings is 1. The molecule has 20 nitrogen and oxygen atoms in total. The number of nitrogens with one attached hydrogen (secondary N) is 5. The van der Waals surface area contributed by atoms with Gasteiger partial charge in [-0.2, -0.15) is 0 Å². The smallest absolute Gasteiger partial charge is 0.256 e. The zero-order chi connectivity index (χ0) is 76.2. The van der Waals surface area contributed by atoms with Crippen LogP contribution in [0.2, 0.25) is 0 Å². The molecule has 5 aliphatic rings. The lowest BCUT2D eigenvalue weighted by Gasteiger charge is -2.30. The third-order valence-electron chi connectivity index (χ3n) is 22.4. The monoisotopic (exact) mass is 1460 g/mol. The van der Waals surface area contributed by atoms with Crippen LogP contribution in [0.5, 0.6) is 0 Å². The molecule has 0 saturated carbocycles. The molecule has 5 saturated heterocycles. The number of β-amino-alcohol motifs (C(OH)–C–C–N with tert-alkyl or cyclic N) is 2. The third-order valence-corrected chi connectivity index (χ3v) is 22.4. The van der Waals surface area contributed by atoms with Crippen LogP contribution in [0, 0.1) is 0 Å². The number of aliphatic hydroxyl groups excluding tert-OH is 5. The molecule has 5 aromatic heterocycles. The molecule has 572 valence electrons. The SMILES string of the molecule is CC(C)c1[nH]c(=O)c2ccccc2c1CN1CCC[C@@H]1CO.CC(C)c1[nH]c(=O)c2ccccc2c1CN1CCC[C@H]1CO.CC(C)c1[nH]c(=O)c2ccccc2c1CN1CC[C@@H](O)C1.CC(C)c1[nH]c(=O)c2ccccc2c1CN1CC[C@H](O)C1.CCc1[nH]c(=O)c2ccccc2c1CN1CCC(O)CC1. The number of pyridine rings is 5. The van der Waals surface area contributed by atoms with Crippen molar-refractivity contribution in [1.29, 1.82) is 0 Å². The number of rotatable bonds is 17. The summed E-state index contributed by atoms with van der Waals surface area (Å²) in [6.07, 6.45) is 7.92. The summed E-state index contributed by atoms with van der Waals surface area (Å²) in [5.41, 5.74) is 11.1. The highest BCUT2D eigenvalue weighted by Crippen LogP contribution is 2.33. The van der Waals surface area contributed by atoms with Gasteiger partial charge in [0.15, 0.2) is 0 Å². The van der Waals surface area contributed by atoms with Crippen molar-refractivity contribution in [3.8, 4) is 0 Å². The van der Waals surface area contributed by atoms with Gasteiger partial charge in [0, 0.05) is 139 Å². The maximum absolute atomic E-state index is 12.3. The molecule has 0 unspecified atom stereocenters. The Bertz CT molecular complexity index is 4720. The van der Waals surface area contributed by atoms with E-state index < -0.39 is 0 Å². The van der Waals surface area contributed by atoms with E-state index >= 15 is 0 Å². The van der Waals surface area contributed by atoms with Crippen LogP contribution in [-0.2, 0) is 39.1 Å². The molecular formula is C87H114N10O10. The molecule has 5 aromatic carbocycles. The predicted octanol–water partition coefficient (Wildman–Crippen LogP) is 11.7. The zero-order valence-corrected chi connectivity index (χ0v) is 64.2. The topological polar surface area (TPSA) is 282 Å². The lowest BCUT2D eigenvalue weighted by molar-refractivity contribution is 0.0793. The second-order valence-electron chi connectivity index (χ2n) is 31.3. The number of hydrogen-bond acceptors (Lipinski definition) is 15. The molecule has 0 amide bonds. The van der Waals surface area contributed by atoms with Gasteiger partial charge in [-0.15, -0.1) is 0 Å². The van der Waals surface area contributed by atoms with Gasteiger partial charge in [-0.1, -0.05) is 153 Å². The van der Waals surface area contributed by atoms with Gasteiger partial charge in [0.2, 0.25) is 0 Å². The van der Waals surface area contributed by atoms with E-state index in [2.05, 4.69) is 112 Å². The maximum Gasteiger partial charge on any atom is 0.256 e. The van der Waals surface area contributed by atoms with Crippen molar-refractivity contribution in [1.82, 2.24) is 49.4 Å². The average Bonchev–Trinajstić information content (AvgIpc) is 1.68. The normalized spacial score (nSPS) is 19.1. The third kappa shape index (κ3) is 19.1. The fourth-order valence-electron chi connectivity index (χ4n) is 16.6. The van der Waals surface area contributed by atoms with Crippen molar-refractivity contribution >= 4 is 53.9 Å². The number of aromatic nitrogens is 5. The number of likely N-dealkylation sites (tertiary alicyclic amines) is 5. The van der Waals surface area contributed by atoms with Crippen LogP contribution < -0.4 is 27.8 Å². The van der Waals surface area contributed by atoms with E-state index in [0.717, 1.165) is 212 Å². The van der Waals surface area contributed by atoms with Crippen LogP contribution >= 0.6 is 0 Å². The van der Waals surface area contributed by atoms with E-state index in [-0.39, 0.29) is 95.1 Å². The molecule has 5 fully saturated rings. The standard InChI is InChI=1S/2C18H24N2O2.3C17H22N2O2/c2*1-12(2)17-16(10-20-9-5-6-13(20)11-21)14-7-3-4-8-15(14)18(22)19-17;2*1-11(2)16-15(10-19-8-7-12(20)9-19)13-5-3-4-6-14(13)17(21)18-16;1-2-16-15(11-19-9-7-12(20)8-10-19)13-5-3-4-6-14(13)17(21)18-16/h2*3-4,7-8,12-13,21H,5-6,9-11H2,1-2H3,(H,19,22);2*3-6,11-12,20H,7-10H2,1-2H3,(H,18,21);3-6,12,20H,2,7-11H2,1H3,(H,18,21)/t2*13-;2*12-;/m1010./s1. The van der Waals surface area contributed by atoms with Gasteiger partial charge in [-0.25, -0.2) is 0 Å². The average molecular weight is 1460 g/mol. The molecule has 4 atom stereocenters. The van der Waals surface area contributed by atoms with E-state index in [1.54, 1.807) is 0 Å². The van der Waals surface area contributed by atoms with Gasteiger partial charge in [0.25, 0.3) is 27.8 Å². The summed E-state index contributed by atoms with van der Waals surface area (Å²) in [6, 6.07) is 39.5. The van der Waals surface area contributed by atoms with Crippen LogP contribution in [0.1, 0.15) is 194 Å². The van der Waals surface area contributed by atoms with Crippen molar-refractivity contribution in [2.45, 2.75) is 207 Å². The Kier molecular flexibility index (Phi) is 27.4. The summed E-state index contributed by atoms with van der Waals surface area (Å²) in [5.74, 6) is 1.07. The number of aliphatic hydroxyl groups is 5. The highest BCUT2D eigenvalue weighted by atomic mass is 16.3. The summed E-state index contributed by atoms with van der Waals surface area (Å²) >= 11 is 0. The van der Waals surface area contributed by atoms with Gasteiger partial charge in [0.1, 0.15) is 0 Å². The number of nitrogens with zero attached hydrogens (tertiary/aromatic N) is 5. The van der Waals surface area contributed by atoms with Gasteiger partial charge in [0.05, 0.1) is 31.5 Å². The first-order valence-corrected chi connectivity index (χ1v) is 39.1. The quantitative estimate of drug-likeness (QED) is 0.0406. The molecule has 15 rings (SSSR count). The van der Waals surface area contributed by atoms with Crippen molar-refractivity contribution < 1.29 is 25.5 Å². The Hall–Kier alpha value is -8.25. The number of hydrogen-bond donors (Lipinski definition) is 10. The fourth-order valence-corrected chi connectivity index (χ4v) is 16.6. The Morgan fingerprint density at radius 3 is 0.879 bits per heavy atom. The maximum atomic E-state index is 12.3. The van der Waals surface area contributed by atoms with E-state index in [4.69, 9.17) is 0 Å². The van der Waals surface area contributed by atoms with Crippen molar-refractivity contribution in [2.24, 2.45) is 0 Å². The molecule has 107 heavy (non-hydrogen) atoms. The lowest BCUT2D eigenvalue weighted by Crippen LogP contribution is -2.35. The molecule has 10 heterocycles. The summed E-state index contributed by atoms with van der Waals surface area (Å²) in [6.45, 7) is 30.4. The Balaban J connectivity index is 0.000000133. The Labute approximate surface area is 627 Å². The van der Waals surface area contributed by atoms with Crippen LogP contribution in [0.15, 0.2) is 145 Å². The fraction of sp³-hybridized carbons (Fsp3) is 0.483. The Morgan fingerprint density at radius 2 is 0.598 bits per heavy atom. The molecule has 0 bridgehead atoms. The molecule has 20 heteroatoms. The van der Waals surface area contributed by atoms with Gasteiger partial charge in [-0.05, 0) is 180 Å². The van der Waals surface area contributed by atoms with Crippen LogP contribution in [0.3, 0.4) is 0 Å². The van der Waals surface area contributed by atoms with Crippen molar-refractivity contribution in [3.05, 3.63) is 229 Å². The molecule has 0 radical (unpaired) electrons. The van der Waals surface area contributed by atoms with Crippen LogP contribution in [0.25, 0.3) is 53.9 Å². The summed E-state index contributed by atoms with van der Waals surface area (Å²) < 4.78 is 0. The zero-order valence-electron chi connectivity index (χ0n) is 64.2. The van der Waals surface area contributed by atoms with Gasteiger partial charge < -0.3 is 50.5 Å². The minimum Gasteiger partial charge on any atom is -0.395 e. The molecule has 0 spiro atoms. The first-order valence-electron chi connectivity index (χ1n) is 39.1. The molecule has 0 aliphatic carbocycles. The number of H-pyrrole nitrogens is 5. The first-order chi connectivity index (χ1) is 51.5. The predicted molar refractivity (Wildman–Crippen MR) is 432 cm³/mol. The van der Waals surface area contributed by atoms with Gasteiger partial charge in [-0.3, -0.25) is 48.5 Å². The number of fused-ring (bicyclic) bond motifs is 5. The number of benzene rings is 5. The highest BCUT2D eigenvalue weighted by molar-refractivity contribution is 5.89. The van der Waals surface area contributed by atoms with Crippen LogP contribution in [-0.4, -0.2) is 171 Å². The van der Waals surface area contributed by atoms with Crippen molar-refractivity contribution in [2.75, 3.05) is 65.6 Å². The summed E-state index contributed by atoms with van der Waals surface area (Å²) in [7, 11) is 0. The van der Waals surface area contributed by atoms with Crippen molar-refractivity contribution in [3.63, 3.8) is 0 Å². The van der Waals surface area contributed by atoms with E-state index in [1.165, 1.54) is 27.8 Å². The summed E-state index contributed by atoms with van der Waals surface area (Å²) in [5, 5.41) is 57.1. The molecule has 10 aromatic rings. The van der Waals surface area contributed by atoms with E-state index in [0.29, 0.717) is 13.1 Å². The molecular weight excluding hydrogens is 1350 g/mol. The summed E-state index contributed by atoms with van der Waals surface area (Å²) in [4.78, 5) is 88.1. The van der Waals surface area contributed by atoms with Crippen LogP contribution in [0.4, 0.5) is 0 Å². The largest absolute Gasteiger partial charge is 0.395 e. The van der Waals surface area contributed by atoms with E-state index in [1.807, 2.05) is 121 Å². The minimum atomic E-state index is -0.221. The number of aromatic amines is 5.